The van der Waals surface area contributed by atoms with E-state index in [-0.39, 0.29) is 17.4 Å². The lowest BCUT2D eigenvalue weighted by molar-refractivity contribution is -0.152. The third-order valence-corrected chi connectivity index (χ3v) is 6.02. The lowest BCUT2D eigenvalue weighted by Crippen LogP contribution is -2.39. The third kappa shape index (κ3) is 3.43. The van der Waals surface area contributed by atoms with Crippen LogP contribution in [0.25, 0.3) is 5.57 Å². The van der Waals surface area contributed by atoms with Crippen molar-refractivity contribution in [3.63, 3.8) is 0 Å². The van der Waals surface area contributed by atoms with Crippen molar-refractivity contribution in [3.8, 4) is 0 Å². The van der Waals surface area contributed by atoms with Crippen molar-refractivity contribution in [1.82, 2.24) is 0 Å². The molecule has 0 bridgehead atoms. The van der Waals surface area contributed by atoms with Gasteiger partial charge in [-0.1, -0.05) is 54.1 Å². The summed E-state index contributed by atoms with van der Waals surface area (Å²) in [6, 6.07) is 15.5. The second-order valence-electron chi connectivity index (χ2n) is 7.54. The number of rotatable bonds is 4. The Balaban J connectivity index is 1.49. The van der Waals surface area contributed by atoms with Gasteiger partial charge in [-0.3, -0.25) is 0 Å². The highest BCUT2D eigenvalue weighted by Gasteiger charge is 2.51. The Hall–Kier alpha value is -2.30. The van der Waals surface area contributed by atoms with E-state index in [1.165, 1.54) is 0 Å². The van der Waals surface area contributed by atoms with Crippen LogP contribution in [0.1, 0.15) is 42.4 Å². The SMILES string of the molecule is Cc1cccc(Cl)c1C1=C(O)C2(CCC(OCc3ccccc3)CC2)OC1=O. The fourth-order valence-corrected chi connectivity index (χ4v) is 4.44. The first kappa shape index (κ1) is 19.0. The largest absolute Gasteiger partial charge is 0.507 e. The number of halogens is 1. The molecule has 146 valence electrons. The van der Waals surface area contributed by atoms with Gasteiger partial charge in [-0.15, -0.1) is 0 Å². The van der Waals surface area contributed by atoms with Crippen molar-refractivity contribution in [1.29, 1.82) is 0 Å². The molecule has 0 radical (unpaired) electrons. The quantitative estimate of drug-likeness (QED) is 0.703. The number of hydrogen-bond donors (Lipinski definition) is 1. The van der Waals surface area contributed by atoms with E-state index in [1.54, 1.807) is 6.07 Å². The topological polar surface area (TPSA) is 55.8 Å². The molecule has 2 aliphatic rings. The molecule has 1 spiro atoms. The lowest BCUT2D eigenvalue weighted by Gasteiger charge is -2.35. The number of ether oxygens (including phenoxy) is 2. The molecular formula is C23H23ClO4. The van der Waals surface area contributed by atoms with Gasteiger partial charge in [-0.05, 0) is 49.8 Å². The summed E-state index contributed by atoms with van der Waals surface area (Å²) in [7, 11) is 0. The van der Waals surface area contributed by atoms with Gasteiger partial charge in [0, 0.05) is 10.6 Å². The Bertz CT molecular complexity index is 891. The summed E-state index contributed by atoms with van der Waals surface area (Å²) in [4.78, 5) is 12.6. The number of esters is 1. The van der Waals surface area contributed by atoms with Crippen molar-refractivity contribution in [2.24, 2.45) is 0 Å². The zero-order valence-corrected chi connectivity index (χ0v) is 16.5. The number of benzene rings is 2. The van der Waals surface area contributed by atoms with Gasteiger partial charge >= 0.3 is 5.97 Å². The van der Waals surface area contributed by atoms with E-state index in [0.717, 1.165) is 24.0 Å². The predicted octanol–water partition coefficient (Wildman–Crippen LogP) is 5.37. The molecule has 1 heterocycles. The molecule has 28 heavy (non-hydrogen) atoms. The predicted molar refractivity (Wildman–Crippen MR) is 108 cm³/mol. The van der Waals surface area contributed by atoms with Gasteiger partial charge in [0.15, 0.2) is 11.4 Å². The second kappa shape index (κ2) is 7.61. The molecule has 1 N–H and O–H groups in total. The summed E-state index contributed by atoms with van der Waals surface area (Å²) in [5.41, 5.74) is 1.78. The Kier molecular flexibility index (Phi) is 5.17. The van der Waals surface area contributed by atoms with Gasteiger partial charge in [0.25, 0.3) is 0 Å². The average Bonchev–Trinajstić information content (AvgIpc) is 2.93. The van der Waals surface area contributed by atoms with E-state index in [2.05, 4.69) is 0 Å². The monoisotopic (exact) mass is 398 g/mol. The second-order valence-corrected chi connectivity index (χ2v) is 7.94. The van der Waals surface area contributed by atoms with Crippen LogP contribution in [0.15, 0.2) is 54.3 Å². The number of aliphatic hydroxyl groups excluding tert-OH is 1. The Morgan fingerprint density at radius 2 is 1.86 bits per heavy atom. The highest BCUT2D eigenvalue weighted by molar-refractivity contribution is 6.35. The molecular weight excluding hydrogens is 376 g/mol. The minimum atomic E-state index is -0.954. The first-order valence-electron chi connectivity index (χ1n) is 9.58. The molecule has 2 aromatic carbocycles. The van der Waals surface area contributed by atoms with Crippen LogP contribution in [-0.4, -0.2) is 22.8 Å². The summed E-state index contributed by atoms with van der Waals surface area (Å²) >= 11 is 6.32. The van der Waals surface area contributed by atoms with E-state index in [0.29, 0.717) is 30.0 Å². The molecule has 1 fully saturated rings. The van der Waals surface area contributed by atoms with E-state index >= 15 is 0 Å². The van der Waals surface area contributed by atoms with Crippen molar-refractivity contribution >= 4 is 23.1 Å². The molecule has 4 nitrogen and oxygen atoms in total. The third-order valence-electron chi connectivity index (χ3n) is 5.70. The van der Waals surface area contributed by atoms with Crippen LogP contribution in [0, 0.1) is 6.92 Å². The molecule has 1 aliphatic carbocycles. The standard InChI is InChI=1S/C23H23ClO4/c1-15-6-5-9-18(24)19(15)20-21(25)23(28-22(20)26)12-10-17(11-13-23)27-14-16-7-3-2-4-8-16/h2-9,17,25H,10-14H2,1H3. The van der Waals surface area contributed by atoms with Crippen LogP contribution in [0.4, 0.5) is 0 Å². The number of carbonyl (C=O) groups is 1. The van der Waals surface area contributed by atoms with Crippen molar-refractivity contribution in [2.45, 2.75) is 50.9 Å². The van der Waals surface area contributed by atoms with Crippen LogP contribution in [0.2, 0.25) is 5.02 Å². The number of carbonyl (C=O) groups excluding carboxylic acids is 1. The van der Waals surface area contributed by atoms with E-state index < -0.39 is 11.6 Å². The van der Waals surface area contributed by atoms with Gasteiger partial charge in [-0.2, -0.15) is 0 Å². The molecule has 0 amide bonds. The Morgan fingerprint density at radius 1 is 1.14 bits per heavy atom. The average molecular weight is 399 g/mol. The molecule has 0 atom stereocenters. The van der Waals surface area contributed by atoms with Crippen LogP contribution < -0.4 is 0 Å². The smallest absolute Gasteiger partial charge is 0.343 e. The van der Waals surface area contributed by atoms with Gasteiger partial charge in [0.1, 0.15) is 5.57 Å². The molecule has 0 saturated heterocycles. The Morgan fingerprint density at radius 3 is 2.54 bits per heavy atom. The zero-order chi connectivity index (χ0) is 19.7. The summed E-state index contributed by atoms with van der Waals surface area (Å²) < 4.78 is 11.7. The molecule has 5 heteroatoms. The first-order valence-corrected chi connectivity index (χ1v) is 9.96. The van der Waals surface area contributed by atoms with Crippen LogP contribution in [0.5, 0.6) is 0 Å². The Labute approximate surface area is 169 Å². The normalized spacial score (nSPS) is 24.6. The highest BCUT2D eigenvalue weighted by atomic mass is 35.5. The van der Waals surface area contributed by atoms with Gasteiger partial charge < -0.3 is 14.6 Å². The van der Waals surface area contributed by atoms with Crippen LogP contribution in [-0.2, 0) is 20.9 Å². The molecule has 2 aromatic rings. The number of aryl methyl sites for hydroxylation is 1. The zero-order valence-electron chi connectivity index (χ0n) is 15.8. The van der Waals surface area contributed by atoms with Crippen LogP contribution in [0.3, 0.4) is 0 Å². The minimum absolute atomic E-state index is 0.00945. The van der Waals surface area contributed by atoms with Crippen molar-refractivity contribution in [2.75, 3.05) is 0 Å². The van der Waals surface area contributed by atoms with Gasteiger partial charge in [-0.25, -0.2) is 4.79 Å². The first-order chi connectivity index (χ1) is 13.5. The highest BCUT2D eigenvalue weighted by Crippen LogP contribution is 2.47. The molecule has 1 saturated carbocycles. The van der Waals surface area contributed by atoms with E-state index in [4.69, 9.17) is 21.1 Å². The number of aliphatic hydroxyl groups is 1. The fraction of sp³-hybridized carbons (Fsp3) is 0.348. The van der Waals surface area contributed by atoms with Crippen LogP contribution >= 0.6 is 11.6 Å². The summed E-state index contributed by atoms with van der Waals surface area (Å²) in [6.45, 7) is 2.43. The number of hydrogen-bond acceptors (Lipinski definition) is 4. The molecule has 1 aliphatic heterocycles. The van der Waals surface area contributed by atoms with Crippen molar-refractivity contribution < 1.29 is 19.4 Å². The van der Waals surface area contributed by atoms with Gasteiger partial charge in [0.05, 0.1) is 12.7 Å². The minimum Gasteiger partial charge on any atom is -0.507 e. The maximum absolute atomic E-state index is 12.6. The van der Waals surface area contributed by atoms with Crippen molar-refractivity contribution in [3.05, 3.63) is 76.0 Å². The fourth-order valence-electron chi connectivity index (χ4n) is 4.12. The maximum Gasteiger partial charge on any atom is 0.343 e. The van der Waals surface area contributed by atoms with E-state index in [9.17, 15) is 9.90 Å². The van der Waals surface area contributed by atoms with Gasteiger partial charge in [0.2, 0.25) is 0 Å². The summed E-state index contributed by atoms with van der Waals surface area (Å²) in [6.07, 6.45) is 2.61. The molecule has 0 aromatic heterocycles. The van der Waals surface area contributed by atoms with E-state index in [1.807, 2.05) is 49.4 Å². The molecule has 4 rings (SSSR count). The molecule has 0 unspecified atom stereocenters. The maximum atomic E-state index is 12.6. The summed E-state index contributed by atoms with van der Waals surface area (Å²) in [5, 5.41) is 11.4. The summed E-state index contributed by atoms with van der Waals surface area (Å²) in [5.74, 6) is -0.493. The lowest BCUT2D eigenvalue weighted by atomic mass is 9.81.